The van der Waals surface area contributed by atoms with E-state index in [9.17, 15) is 0 Å². The number of hydrogen-bond acceptors (Lipinski definition) is 2. The summed E-state index contributed by atoms with van der Waals surface area (Å²) >= 11 is 0. The SMILES string of the molecule is CC(C)OC(=Nc1c(C(C)C)cccc1C(C)C)Nc1c(C(C)C)cccc1C(C)C. The van der Waals surface area contributed by atoms with Gasteiger partial charge >= 0.3 is 0 Å². The number of rotatable bonds is 7. The molecule has 31 heavy (non-hydrogen) atoms. The van der Waals surface area contributed by atoms with Crippen LogP contribution in [0, 0.1) is 0 Å². The molecule has 0 saturated heterocycles. The number of aliphatic imine (C=N–C) groups is 1. The number of hydrogen-bond donors (Lipinski definition) is 1. The maximum atomic E-state index is 6.24. The minimum atomic E-state index is 0.0219. The number of nitrogens with one attached hydrogen (secondary N) is 1. The smallest absolute Gasteiger partial charge is 0.294 e. The van der Waals surface area contributed by atoms with Crippen molar-refractivity contribution in [3.05, 3.63) is 58.7 Å². The maximum Gasteiger partial charge on any atom is 0.294 e. The van der Waals surface area contributed by atoms with Crippen molar-refractivity contribution in [2.45, 2.75) is 99.0 Å². The lowest BCUT2D eigenvalue weighted by Crippen LogP contribution is -2.22. The van der Waals surface area contributed by atoms with Gasteiger partial charge in [-0.05, 0) is 59.8 Å². The molecule has 0 atom stereocenters. The van der Waals surface area contributed by atoms with Crippen molar-refractivity contribution in [1.82, 2.24) is 0 Å². The van der Waals surface area contributed by atoms with Crippen molar-refractivity contribution in [2.75, 3.05) is 5.32 Å². The maximum absolute atomic E-state index is 6.24. The van der Waals surface area contributed by atoms with E-state index in [4.69, 9.17) is 9.73 Å². The largest absolute Gasteiger partial charge is 0.462 e. The fraction of sp³-hybridized carbons (Fsp3) is 0.536. The number of amidine groups is 1. The molecule has 2 aromatic rings. The fourth-order valence-corrected chi connectivity index (χ4v) is 3.85. The van der Waals surface area contributed by atoms with Gasteiger partial charge in [0, 0.05) is 5.69 Å². The first-order chi connectivity index (χ1) is 14.5. The molecule has 2 rings (SSSR count). The first-order valence-corrected chi connectivity index (χ1v) is 11.8. The summed E-state index contributed by atoms with van der Waals surface area (Å²) in [5.41, 5.74) is 7.22. The Kier molecular flexibility index (Phi) is 8.73. The van der Waals surface area contributed by atoms with Gasteiger partial charge < -0.3 is 10.1 Å². The van der Waals surface area contributed by atoms with Crippen molar-refractivity contribution in [1.29, 1.82) is 0 Å². The molecule has 0 saturated carbocycles. The van der Waals surface area contributed by atoms with Crippen LogP contribution in [0.15, 0.2) is 41.4 Å². The number of nitrogens with zero attached hydrogens (tertiary/aromatic N) is 1. The number of anilines is 1. The molecular formula is C28H42N2O. The van der Waals surface area contributed by atoms with Gasteiger partial charge in [0.15, 0.2) is 0 Å². The average Bonchev–Trinajstić information content (AvgIpc) is 2.66. The van der Waals surface area contributed by atoms with E-state index in [1.54, 1.807) is 0 Å². The summed E-state index contributed by atoms with van der Waals surface area (Å²) in [5, 5.41) is 3.62. The van der Waals surface area contributed by atoms with Crippen LogP contribution in [0.25, 0.3) is 0 Å². The van der Waals surface area contributed by atoms with E-state index in [1.807, 2.05) is 13.8 Å². The first kappa shape index (κ1) is 25.0. The highest BCUT2D eigenvalue weighted by Gasteiger charge is 2.19. The van der Waals surface area contributed by atoms with Gasteiger partial charge in [-0.2, -0.15) is 4.99 Å². The second kappa shape index (κ2) is 10.8. The van der Waals surface area contributed by atoms with Crippen LogP contribution in [0.1, 0.15) is 115 Å². The Labute approximate surface area is 190 Å². The minimum Gasteiger partial charge on any atom is -0.462 e. The second-order valence-corrected chi connectivity index (χ2v) is 9.92. The summed E-state index contributed by atoms with van der Waals surface area (Å²) in [6.45, 7) is 21.9. The Balaban J connectivity index is 2.69. The Morgan fingerprint density at radius 2 is 1.03 bits per heavy atom. The van der Waals surface area contributed by atoms with E-state index in [1.165, 1.54) is 22.3 Å². The summed E-state index contributed by atoms with van der Waals surface area (Å²) in [4.78, 5) is 5.12. The Hall–Kier alpha value is -2.29. The summed E-state index contributed by atoms with van der Waals surface area (Å²) in [6.07, 6.45) is 0.0219. The zero-order chi connectivity index (χ0) is 23.3. The molecule has 0 bridgehead atoms. The van der Waals surface area contributed by atoms with E-state index in [0.717, 1.165) is 11.4 Å². The molecular weight excluding hydrogens is 380 g/mol. The summed E-state index contributed by atoms with van der Waals surface area (Å²) in [6, 6.07) is 13.6. The number of para-hydroxylation sites is 2. The van der Waals surface area contributed by atoms with Crippen LogP contribution in [-0.4, -0.2) is 12.1 Å². The van der Waals surface area contributed by atoms with Gasteiger partial charge in [0.2, 0.25) is 0 Å². The zero-order valence-electron chi connectivity index (χ0n) is 21.2. The third-order valence-electron chi connectivity index (χ3n) is 5.51. The lowest BCUT2D eigenvalue weighted by molar-refractivity contribution is 0.228. The van der Waals surface area contributed by atoms with Crippen LogP contribution in [0.4, 0.5) is 11.4 Å². The van der Waals surface area contributed by atoms with E-state index >= 15 is 0 Å². The third kappa shape index (κ3) is 6.35. The Bertz CT molecular complexity index is 839. The lowest BCUT2D eigenvalue weighted by atomic mass is 9.92. The molecule has 0 radical (unpaired) electrons. The molecule has 3 heteroatoms. The van der Waals surface area contributed by atoms with E-state index in [2.05, 4.69) is 97.1 Å². The van der Waals surface area contributed by atoms with Crippen LogP contribution < -0.4 is 5.32 Å². The molecule has 0 unspecified atom stereocenters. The van der Waals surface area contributed by atoms with Gasteiger partial charge in [-0.1, -0.05) is 91.8 Å². The molecule has 0 aliphatic rings. The molecule has 0 spiro atoms. The summed E-state index contributed by atoms with van der Waals surface area (Å²) in [5.74, 6) is 1.56. The van der Waals surface area contributed by atoms with Gasteiger partial charge in [-0.25, -0.2) is 0 Å². The van der Waals surface area contributed by atoms with Crippen molar-refractivity contribution >= 4 is 17.4 Å². The monoisotopic (exact) mass is 422 g/mol. The molecule has 0 aliphatic heterocycles. The number of benzene rings is 2. The fourth-order valence-electron chi connectivity index (χ4n) is 3.85. The average molecular weight is 423 g/mol. The minimum absolute atomic E-state index is 0.0219. The summed E-state index contributed by atoms with van der Waals surface area (Å²) in [7, 11) is 0. The highest BCUT2D eigenvalue weighted by Crippen LogP contribution is 2.36. The Morgan fingerprint density at radius 1 is 0.645 bits per heavy atom. The normalized spacial score (nSPS) is 12.5. The van der Waals surface area contributed by atoms with Crippen molar-refractivity contribution in [2.24, 2.45) is 4.99 Å². The Morgan fingerprint density at radius 3 is 1.39 bits per heavy atom. The van der Waals surface area contributed by atoms with Crippen molar-refractivity contribution in [3.63, 3.8) is 0 Å². The standard InChI is InChI=1S/C28H42N2O/c1-17(2)22-13-11-14-23(18(3)4)26(22)29-28(31-21(9)10)30-27-24(19(5)6)15-12-16-25(27)20(7)8/h11-21H,1-10H3,(H,29,30). The quantitative estimate of drug-likeness (QED) is 0.357. The lowest BCUT2D eigenvalue weighted by Gasteiger charge is -2.23. The topological polar surface area (TPSA) is 33.6 Å². The van der Waals surface area contributed by atoms with Gasteiger partial charge in [0.25, 0.3) is 6.02 Å². The highest BCUT2D eigenvalue weighted by molar-refractivity contribution is 5.93. The first-order valence-electron chi connectivity index (χ1n) is 11.8. The molecule has 0 aliphatic carbocycles. The van der Waals surface area contributed by atoms with Crippen LogP contribution in [0.3, 0.4) is 0 Å². The number of ether oxygens (including phenoxy) is 1. The van der Waals surface area contributed by atoms with E-state index < -0.39 is 0 Å². The third-order valence-corrected chi connectivity index (χ3v) is 5.51. The molecule has 170 valence electrons. The second-order valence-electron chi connectivity index (χ2n) is 9.92. The van der Waals surface area contributed by atoms with Gasteiger partial charge in [-0.15, -0.1) is 0 Å². The molecule has 2 aromatic carbocycles. The van der Waals surface area contributed by atoms with Crippen LogP contribution in [0.5, 0.6) is 0 Å². The van der Waals surface area contributed by atoms with Crippen LogP contribution >= 0.6 is 0 Å². The predicted molar refractivity (Wildman–Crippen MR) is 136 cm³/mol. The molecule has 0 heterocycles. The van der Waals surface area contributed by atoms with E-state index in [-0.39, 0.29) is 6.10 Å². The molecule has 0 fully saturated rings. The molecule has 0 amide bonds. The van der Waals surface area contributed by atoms with Gasteiger partial charge in [0.1, 0.15) is 0 Å². The molecule has 3 nitrogen and oxygen atoms in total. The van der Waals surface area contributed by atoms with Gasteiger partial charge in [0.05, 0.1) is 11.8 Å². The van der Waals surface area contributed by atoms with Crippen LogP contribution in [0.2, 0.25) is 0 Å². The zero-order valence-corrected chi connectivity index (χ0v) is 21.2. The molecule has 0 aromatic heterocycles. The van der Waals surface area contributed by atoms with Crippen molar-refractivity contribution < 1.29 is 4.74 Å². The predicted octanol–water partition coefficient (Wildman–Crippen LogP) is 8.70. The van der Waals surface area contributed by atoms with Crippen molar-refractivity contribution in [3.8, 4) is 0 Å². The highest BCUT2D eigenvalue weighted by atomic mass is 16.5. The molecule has 1 N–H and O–H groups in total. The van der Waals surface area contributed by atoms with E-state index in [0.29, 0.717) is 29.7 Å². The van der Waals surface area contributed by atoms with Gasteiger partial charge in [-0.3, -0.25) is 0 Å². The van der Waals surface area contributed by atoms with Crippen LogP contribution in [-0.2, 0) is 4.74 Å². The summed E-state index contributed by atoms with van der Waals surface area (Å²) < 4.78 is 6.24.